The third-order valence-electron chi connectivity index (χ3n) is 4.49. The number of aryl methyl sites for hydroxylation is 1. The molecule has 3 heterocycles. The standard InChI is InChI=1S/C19H29N5OS2.HI/c1-3-15-12-21-18(27-15)14-23-19(20-4-2)22-13-16(17-6-5-11-26-17)24-7-9-25-10-8-24;/h5-6,11-12,16H,3-4,7-10,13-14H2,1-2H3,(H2,20,22,23);1H. The average molecular weight is 536 g/mol. The number of morpholine rings is 1. The number of rotatable bonds is 8. The van der Waals surface area contributed by atoms with Crippen LogP contribution in [-0.4, -0.2) is 55.2 Å². The fourth-order valence-electron chi connectivity index (χ4n) is 3.05. The molecular weight excluding hydrogens is 505 g/mol. The van der Waals surface area contributed by atoms with Crippen LogP contribution in [0.5, 0.6) is 0 Å². The molecule has 1 aliphatic rings. The van der Waals surface area contributed by atoms with Crippen molar-refractivity contribution in [3.8, 4) is 0 Å². The number of nitrogens with zero attached hydrogens (tertiary/aromatic N) is 3. The normalized spacial score (nSPS) is 16.4. The number of nitrogens with one attached hydrogen (secondary N) is 2. The van der Waals surface area contributed by atoms with Gasteiger partial charge >= 0.3 is 0 Å². The van der Waals surface area contributed by atoms with Crippen LogP contribution in [-0.2, 0) is 17.7 Å². The number of thiazole rings is 1. The molecule has 0 spiro atoms. The molecule has 1 unspecified atom stereocenters. The van der Waals surface area contributed by atoms with Gasteiger partial charge in [-0.1, -0.05) is 13.0 Å². The summed E-state index contributed by atoms with van der Waals surface area (Å²) in [4.78, 5) is 14.4. The van der Waals surface area contributed by atoms with Crippen LogP contribution in [0, 0.1) is 0 Å². The van der Waals surface area contributed by atoms with Crippen molar-refractivity contribution in [2.24, 2.45) is 4.99 Å². The van der Waals surface area contributed by atoms with E-state index in [4.69, 9.17) is 9.73 Å². The number of guanidine groups is 1. The molecule has 0 radical (unpaired) electrons. The lowest BCUT2D eigenvalue weighted by atomic mass is 10.2. The Morgan fingerprint density at radius 1 is 1.32 bits per heavy atom. The van der Waals surface area contributed by atoms with E-state index in [0.29, 0.717) is 12.6 Å². The topological polar surface area (TPSA) is 61.8 Å². The lowest BCUT2D eigenvalue weighted by Crippen LogP contribution is -2.46. The minimum absolute atomic E-state index is 0. The summed E-state index contributed by atoms with van der Waals surface area (Å²) in [6.07, 6.45) is 2.99. The minimum Gasteiger partial charge on any atom is -0.379 e. The number of thiophene rings is 1. The Kier molecular flexibility index (Phi) is 10.7. The maximum atomic E-state index is 5.53. The largest absolute Gasteiger partial charge is 0.379 e. The second-order valence-electron chi connectivity index (χ2n) is 6.33. The van der Waals surface area contributed by atoms with Crippen molar-refractivity contribution < 1.29 is 4.74 Å². The molecule has 1 atom stereocenters. The monoisotopic (exact) mass is 535 g/mol. The van der Waals surface area contributed by atoms with Gasteiger partial charge in [-0.2, -0.15) is 0 Å². The summed E-state index contributed by atoms with van der Waals surface area (Å²) in [6.45, 7) is 10.1. The van der Waals surface area contributed by atoms with E-state index in [1.54, 1.807) is 11.3 Å². The number of aliphatic imine (C=N–C) groups is 1. The summed E-state index contributed by atoms with van der Waals surface area (Å²) in [5.74, 6) is 0.848. The highest BCUT2D eigenvalue weighted by atomic mass is 127. The molecule has 2 aromatic heterocycles. The highest BCUT2D eigenvalue weighted by Crippen LogP contribution is 2.25. The summed E-state index contributed by atoms with van der Waals surface area (Å²) >= 11 is 3.56. The Morgan fingerprint density at radius 2 is 2.14 bits per heavy atom. The maximum Gasteiger partial charge on any atom is 0.191 e. The number of hydrogen-bond acceptors (Lipinski definition) is 6. The van der Waals surface area contributed by atoms with E-state index < -0.39 is 0 Å². The quantitative estimate of drug-likeness (QED) is 0.308. The molecule has 1 fully saturated rings. The van der Waals surface area contributed by atoms with Crippen LogP contribution in [0.2, 0.25) is 0 Å². The summed E-state index contributed by atoms with van der Waals surface area (Å²) in [7, 11) is 0. The molecule has 0 amide bonds. The predicted octanol–water partition coefficient (Wildman–Crippen LogP) is 3.51. The van der Waals surface area contributed by atoms with Gasteiger partial charge in [0.2, 0.25) is 0 Å². The fourth-order valence-corrected chi connectivity index (χ4v) is 4.69. The molecule has 0 aromatic carbocycles. The van der Waals surface area contributed by atoms with Crippen molar-refractivity contribution in [1.82, 2.24) is 20.5 Å². The Hall–Kier alpha value is -0.750. The molecular formula is C19H30IN5OS2. The van der Waals surface area contributed by atoms with Crippen molar-refractivity contribution >= 4 is 52.6 Å². The maximum absolute atomic E-state index is 5.53. The number of hydrogen-bond donors (Lipinski definition) is 2. The van der Waals surface area contributed by atoms with E-state index in [2.05, 4.69) is 51.9 Å². The third kappa shape index (κ3) is 6.94. The molecule has 2 aromatic rings. The third-order valence-corrected chi connectivity index (χ3v) is 6.59. The zero-order valence-electron chi connectivity index (χ0n) is 16.5. The summed E-state index contributed by atoms with van der Waals surface area (Å²) in [6, 6.07) is 4.68. The van der Waals surface area contributed by atoms with E-state index >= 15 is 0 Å². The first-order valence-corrected chi connectivity index (χ1v) is 11.3. The molecule has 9 heteroatoms. The van der Waals surface area contributed by atoms with Gasteiger partial charge in [0.1, 0.15) is 5.01 Å². The van der Waals surface area contributed by atoms with Gasteiger partial charge in [0.05, 0.1) is 25.8 Å². The Balaban J connectivity index is 0.00000280. The van der Waals surface area contributed by atoms with Crippen molar-refractivity contribution in [2.45, 2.75) is 32.9 Å². The summed E-state index contributed by atoms with van der Waals surface area (Å²) in [5.41, 5.74) is 0. The average Bonchev–Trinajstić information content (AvgIpc) is 3.39. The molecule has 156 valence electrons. The first-order chi connectivity index (χ1) is 13.3. The molecule has 1 saturated heterocycles. The van der Waals surface area contributed by atoms with Crippen LogP contribution in [0.15, 0.2) is 28.7 Å². The van der Waals surface area contributed by atoms with E-state index in [0.717, 1.165) is 56.8 Å². The minimum atomic E-state index is 0. The molecule has 0 aliphatic carbocycles. The molecule has 3 rings (SSSR count). The Labute approximate surface area is 192 Å². The molecule has 28 heavy (non-hydrogen) atoms. The van der Waals surface area contributed by atoms with Crippen molar-refractivity contribution in [2.75, 3.05) is 39.4 Å². The predicted molar refractivity (Wildman–Crippen MR) is 129 cm³/mol. The van der Waals surface area contributed by atoms with Crippen LogP contribution in [0.1, 0.15) is 34.7 Å². The van der Waals surface area contributed by atoms with Gasteiger partial charge in [-0.05, 0) is 24.8 Å². The van der Waals surface area contributed by atoms with Gasteiger partial charge in [0, 0.05) is 42.1 Å². The van der Waals surface area contributed by atoms with Gasteiger partial charge in [-0.3, -0.25) is 4.90 Å². The highest BCUT2D eigenvalue weighted by molar-refractivity contribution is 14.0. The lowest BCUT2D eigenvalue weighted by Gasteiger charge is -2.34. The first-order valence-electron chi connectivity index (χ1n) is 9.61. The molecule has 6 nitrogen and oxygen atoms in total. The van der Waals surface area contributed by atoms with Crippen LogP contribution < -0.4 is 10.6 Å². The molecule has 0 bridgehead atoms. The molecule has 0 saturated carbocycles. The van der Waals surface area contributed by atoms with E-state index in [-0.39, 0.29) is 24.0 Å². The number of halogens is 1. The highest BCUT2D eigenvalue weighted by Gasteiger charge is 2.23. The lowest BCUT2D eigenvalue weighted by molar-refractivity contribution is 0.0177. The van der Waals surface area contributed by atoms with Crippen molar-refractivity contribution in [3.05, 3.63) is 38.5 Å². The van der Waals surface area contributed by atoms with Gasteiger partial charge in [-0.25, -0.2) is 9.98 Å². The summed E-state index contributed by atoms with van der Waals surface area (Å²) < 4.78 is 5.53. The van der Waals surface area contributed by atoms with Crippen LogP contribution in [0.4, 0.5) is 0 Å². The van der Waals surface area contributed by atoms with E-state index in [1.807, 2.05) is 17.5 Å². The van der Waals surface area contributed by atoms with Crippen molar-refractivity contribution in [3.63, 3.8) is 0 Å². The van der Waals surface area contributed by atoms with E-state index in [9.17, 15) is 0 Å². The van der Waals surface area contributed by atoms with Crippen LogP contribution in [0.25, 0.3) is 0 Å². The zero-order valence-corrected chi connectivity index (χ0v) is 20.5. The van der Waals surface area contributed by atoms with E-state index in [1.165, 1.54) is 9.75 Å². The SMILES string of the molecule is CCNC(=NCc1ncc(CC)s1)NCC(c1cccs1)N1CCOCC1.I. The Morgan fingerprint density at radius 3 is 2.79 bits per heavy atom. The van der Waals surface area contributed by atoms with Crippen molar-refractivity contribution in [1.29, 1.82) is 0 Å². The zero-order chi connectivity index (χ0) is 18.9. The van der Waals surface area contributed by atoms with Crippen LogP contribution >= 0.6 is 46.7 Å². The fraction of sp³-hybridized carbons (Fsp3) is 0.579. The second-order valence-corrected chi connectivity index (χ2v) is 8.51. The Bertz CT molecular complexity index is 701. The van der Waals surface area contributed by atoms with Gasteiger partial charge in [-0.15, -0.1) is 46.7 Å². The molecule has 1 aliphatic heterocycles. The van der Waals surface area contributed by atoms with Gasteiger partial charge in [0.15, 0.2) is 5.96 Å². The second kappa shape index (κ2) is 12.7. The number of ether oxygens (including phenoxy) is 1. The smallest absolute Gasteiger partial charge is 0.191 e. The first kappa shape index (κ1) is 23.5. The van der Waals surface area contributed by atoms with Gasteiger partial charge in [0.25, 0.3) is 0 Å². The van der Waals surface area contributed by atoms with Gasteiger partial charge < -0.3 is 15.4 Å². The molecule has 2 N–H and O–H groups in total. The van der Waals surface area contributed by atoms with Crippen LogP contribution in [0.3, 0.4) is 0 Å². The summed E-state index contributed by atoms with van der Waals surface area (Å²) in [5, 5.41) is 10.1. The number of aromatic nitrogens is 1.